The summed E-state index contributed by atoms with van der Waals surface area (Å²) < 4.78 is 6.11. The smallest absolute Gasteiger partial charge is 0.261 e. The third kappa shape index (κ3) is 4.47. The summed E-state index contributed by atoms with van der Waals surface area (Å²) in [6.45, 7) is 3.78. The number of methoxy groups -OCH3 is 1. The van der Waals surface area contributed by atoms with E-state index < -0.39 is 0 Å². The molecule has 0 aliphatic heterocycles. The second kappa shape index (κ2) is 7.96. The van der Waals surface area contributed by atoms with Gasteiger partial charge in [-0.2, -0.15) is 0 Å². The van der Waals surface area contributed by atoms with Crippen molar-refractivity contribution in [3.63, 3.8) is 0 Å². The van der Waals surface area contributed by atoms with Gasteiger partial charge in [0.05, 0.1) is 12.7 Å². The van der Waals surface area contributed by atoms with Gasteiger partial charge in [-0.15, -0.1) is 0 Å². The number of hydrogen-bond donors (Lipinski definition) is 2. The van der Waals surface area contributed by atoms with Crippen LogP contribution in [0.15, 0.2) is 34.8 Å². The summed E-state index contributed by atoms with van der Waals surface area (Å²) in [5.74, 6) is 0.156. The van der Waals surface area contributed by atoms with Crippen LogP contribution in [0.25, 0.3) is 0 Å². The van der Waals surface area contributed by atoms with Gasteiger partial charge in [-0.05, 0) is 61.5 Å². The Morgan fingerprint density at radius 1 is 1.21 bits per heavy atom. The number of nitrogens with one attached hydrogen (secondary N) is 2. The van der Waals surface area contributed by atoms with Crippen molar-refractivity contribution in [2.45, 2.75) is 13.8 Å². The van der Waals surface area contributed by atoms with Crippen LogP contribution in [0.2, 0.25) is 5.02 Å². The average Bonchev–Trinajstić information content (AvgIpc) is 2.50. The number of thiocarbonyl (C=S) groups is 1. The molecule has 2 N–H and O–H groups in total. The fourth-order valence-electron chi connectivity index (χ4n) is 2.17. The lowest BCUT2D eigenvalue weighted by Crippen LogP contribution is -2.34. The molecule has 0 saturated carbocycles. The van der Waals surface area contributed by atoms with Gasteiger partial charge in [-0.1, -0.05) is 33.6 Å². The fraction of sp³-hybridized carbons (Fsp3) is 0.176. The predicted molar refractivity (Wildman–Crippen MR) is 105 cm³/mol. The third-order valence-corrected chi connectivity index (χ3v) is 4.41. The van der Waals surface area contributed by atoms with Crippen molar-refractivity contribution < 1.29 is 9.53 Å². The van der Waals surface area contributed by atoms with Crippen LogP contribution in [0.3, 0.4) is 0 Å². The Balaban J connectivity index is 2.14. The maximum atomic E-state index is 12.5. The molecule has 2 aromatic rings. The first kappa shape index (κ1) is 18.7. The van der Waals surface area contributed by atoms with E-state index in [1.807, 2.05) is 32.0 Å². The van der Waals surface area contributed by atoms with Crippen LogP contribution in [0.5, 0.6) is 5.75 Å². The molecular formula is C17H16BrClN2O2S. The van der Waals surface area contributed by atoms with Gasteiger partial charge in [0.25, 0.3) is 5.91 Å². The molecule has 0 heterocycles. The molecule has 0 radical (unpaired) electrons. The SMILES string of the molecule is COc1c(C)cc(Br)cc1C(=O)NC(=S)Nc1ccc(C)c(Cl)c1. The maximum absolute atomic E-state index is 12.5. The molecule has 0 bridgehead atoms. The van der Waals surface area contributed by atoms with Gasteiger partial charge >= 0.3 is 0 Å². The first-order chi connectivity index (χ1) is 11.3. The highest BCUT2D eigenvalue weighted by molar-refractivity contribution is 9.10. The van der Waals surface area contributed by atoms with Crippen LogP contribution in [0.1, 0.15) is 21.5 Å². The van der Waals surface area contributed by atoms with Crippen LogP contribution in [0, 0.1) is 13.8 Å². The summed E-state index contributed by atoms with van der Waals surface area (Å²) >= 11 is 14.7. The Bertz CT molecular complexity index is 811. The number of amides is 1. The highest BCUT2D eigenvalue weighted by atomic mass is 79.9. The quantitative estimate of drug-likeness (QED) is 0.687. The lowest BCUT2D eigenvalue weighted by Gasteiger charge is -2.14. The zero-order valence-corrected chi connectivity index (χ0v) is 16.5. The molecule has 2 rings (SSSR count). The third-order valence-electron chi connectivity index (χ3n) is 3.34. The van der Waals surface area contributed by atoms with Crippen molar-refractivity contribution >= 4 is 56.5 Å². The molecule has 0 fully saturated rings. The van der Waals surface area contributed by atoms with E-state index in [4.69, 9.17) is 28.6 Å². The summed E-state index contributed by atoms with van der Waals surface area (Å²) in [5, 5.41) is 6.39. The largest absolute Gasteiger partial charge is 0.496 e. The Morgan fingerprint density at radius 2 is 1.92 bits per heavy atom. The number of benzene rings is 2. The minimum atomic E-state index is -0.355. The number of halogens is 2. The highest BCUT2D eigenvalue weighted by Crippen LogP contribution is 2.27. The molecule has 1 amide bonds. The van der Waals surface area contributed by atoms with E-state index in [9.17, 15) is 4.79 Å². The van der Waals surface area contributed by atoms with Crippen molar-refractivity contribution in [1.82, 2.24) is 5.32 Å². The number of carbonyl (C=O) groups excluding carboxylic acids is 1. The Labute approximate surface area is 159 Å². The Morgan fingerprint density at radius 3 is 2.54 bits per heavy atom. The van der Waals surface area contributed by atoms with E-state index in [1.54, 1.807) is 12.1 Å². The number of carbonyl (C=O) groups is 1. The molecule has 0 saturated heterocycles. The van der Waals surface area contributed by atoms with Crippen LogP contribution < -0.4 is 15.4 Å². The van der Waals surface area contributed by atoms with E-state index in [-0.39, 0.29) is 11.0 Å². The molecule has 0 aliphatic rings. The van der Waals surface area contributed by atoms with E-state index in [0.717, 1.165) is 15.6 Å². The zero-order chi connectivity index (χ0) is 17.9. The summed E-state index contributed by atoms with van der Waals surface area (Å²) in [6, 6.07) is 9.02. The first-order valence-electron chi connectivity index (χ1n) is 7.04. The minimum Gasteiger partial charge on any atom is -0.496 e. The number of rotatable bonds is 3. The zero-order valence-electron chi connectivity index (χ0n) is 13.4. The number of anilines is 1. The van der Waals surface area contributed by atoms with E-state index >= 15 is 0 Å². The van der Waals surface area contributed by atoms with Gasteiger partial charge in [-0.3, -0.25) is 10.1 Å². The molecule has 0 aromatic heterocycles. The van der Waals surface area contributed by atoms with E-state index in [2.05, 4.69) is 26.6 Å². The maximum Gasteiger partial charge on any atom is 0.261 e. The van der Waals surface area contributed by atoms with Gasteiger partial charge in [-0.25, -0.2) is 0 Å². The van der Waals surface area contributed by atoms with Crippen molar-refractivity contribution in [2.75, 3.05) is 12.4 Å². The molecular weight excluding hydrogens is 412 g/mol. The van der Waals surface area contributed by atoms with Gasteiger partial charge in [0, 0.05) is 15.2 Å². The number of ether oxygens (including phenoxy) is 1. The lowest BCUT2D eigenvalue weighted by molar-refractivity contribution is 0.0974. The number of hydrogen-bond acceptors (Lipinski definition) is 3. The van der Waals surface area contributed by atoms with Crippen LogP contribution in [0.4, 0.5) is 5.69 Å². The van der Waals surface area contributed by atoms with E-state index in [1.165, 1.54) is 7.11 Å². The average molecular weight is 428 g/mol. The van der Waals surface area contributed by atoms with Gasteiger partial charge in [0.15, 0.2) is 5.11 Å². The molecule has 0 aliphatic carbocycles. The Hall–Kier alpha value is -1.63. The summed E-state index contributed by atoms with van der Waals surface area (Å²) in [4.78, 5) is 12.5. The first-order valence-corrected chi connectivity index (χ1v) is 8.62. The molecule has 0 atom stereocenters. The van der Waals surface area contributed by atoms with Gasteiger partial charge in [0.1, 0.15) is 5.75 Å². The molecule has 24 heavy (non-hydrogen) atoms. The standard InChI is InChI=1S/C17H16BrClN2O2S/c1-9-4-5-12(8-14(9)19)20-17(24)21-16(22)13-7-11(18)6-10(2)15(13)23-3/h4-8H,1-3H3,(H2,20,21,22,24). The van der Waals surface area contributed by atoms with Crippen molar-refractivity contribution in [2.24, 2.45) is 0 Å². The minimum absolute atomic E-state index is 0.180. The van der Waals surface area contributed by atoms with Crippen molar-refractivity contribution in [3.05, 3.63) is 56.5 Å². The predicted octanol–water partition coefficient (Wildman–Crippen LogP) is 4.85. The lowest BCUT2D eigenvalue weighted by atomic mass is 10.1. The Kier molecular flexibility index (Phi) is 6.21. The van der Waals surface area contributed by atoms with Crippen molar-refractivity contribution in [3.8, 4) is 5.75 Å². The van der Waals surface area contributed by atoms with Crippen molar-refractivity contribution in [1.29, 1.82) is 0 Å². The fourth-order valence-corrected chi connectivity index (χ4v) is 3.14. The summed E-state index contributed by atoms with van der Waals surface area (Å²) in [7, 11) is 1.53. The second-order valence-corrected chi connectivity index (χ2v) is 6.91. The second-order valence-electron chi connectivity index (χ2n) is 5.18. The summed E-state index contributed by atoms with van der Waals surface area (Å²) in [6.07, 6.45) is 0. The van der Waals surface area contributed by atoms with E-state index in [0.29, 0.717) is 22.0 Å². The molecule has 2 aromatic carbocycles. The molecule has 4 nitrogen and oxygen atoms in total. The normalized spacial score (nSPS) is 10.2. The summed E-state index contributed by atoms with van der Waals surface area (Å²) in [5.41, 5.74) is 2.91. The van der Waals surface area contributed by atoms with Gasteiger partial charge in [0.2, 0.25) is 0 Å². The highest BCUT2D eigenvalue weighted by Gasteiger charge is 2.16. The van der Waals surface area contributed by atoms with Crippen LogP contribution in [-0.4, -0.2) is 18.1 Å². The van der Waals surface area contributed by atoms with Gasteiger partial charge < -0.3 is 10.1 Å². The molecule has 7 heteroatoms. The molecule has 126 valence electrons. The van der Waals surface area contributed by atoms with Crippen LogP contribution >= 0.6 is 39.7 Å². The van der Waals surface area contributed by atoms with Crippen LogP contribution in [-0.2, 0) is 0 Å². The topological polar surface area (TPSA) is 50.4 Å². The monoisotopic (exact) mass is 426 g/mol. The number of aryl methyl sites for hydroxylation is 2. The molecule has 0 spiro atoms. The molecule has 0 unspecified atom stereocenters.